The van der Waals surface area contributed by atoms with Gasteiger partial charge in [-0.25, -0.2) is 4.79 Å². The van der Waals surface area contributed by atoms with Gasteiger partial charge in [0.1, 0.15) is 17.9 Å². The monoisotopic (exact) mass is 254 g/mol. The Balaban J connectivity index is 1.96. The van der Waals surface area contributed by atoms with E-state index in [9.17, 15) is 4.79 Å². The molecule has 0 atom stereocenters. The largest absolute Gasteiger partial charge is 0.489 e. The topological polar surface area (TPSA) is 46.5 Å². The minimum absolute atomic E-state index is 0.176. The summed E-state index contributed by atoms with van der Waals surface area (Å²) in [5.74, 6) is -0.602. The summed E-state index contributed by atoms with van der Waals surface area (Å²) in [5.41, 5.74) is 1.26. The van der Waals surface area contributed by atoms with Crippen LogP contribution in [0.4, 0.5) is 0 Å². The Kier molecular flexibility index (Phi) is 4.34. The number of hydrogen-bond acceptors (Lipinski definition) is 2. The number of para-hydroxylation sites is 1. The van der Waals surface area contributed by atoms with Gasteiger partial charge < -0.3 is 9.84 Å². The van der Waals surface area contributed by atoms with Crippen LogP contribution in [0.15, 0.2) is 60.7 Å². The van der Waals surface area contributed by atoms with Crippen molar-refractivity contribution in [3.63, 3.8) is 0 Å². The third-order valence-corrected chi connectivity index (χ3v) is 2.56. The molecule has 0 aliphatic heterocycles. The molecule has 3 heteroatoms. The fourth-order valence-electron chi connectivity index (χ4n) is 1.66. The van der Waals surface area contributed by atoms with E-state index in [4.69, 9.17) is 9.84 Å². The van der Waals surface area contributed by atoms with Crippen LogP contribution in [0.25, 0.3) is 6.08 Å². The molecular weight excluding hydrogens is 240 g/mol. The summed E-state index contributed by atoms with van der Waals surface area (Å²) in [6.45, 7) is 0.333. The molecular formula is C16H14O3. The van der Waals surface area contributed by atoms with E-state index in [-0.39, 0.29) is 5.56 Å². The lowest BCUT2D eigenvalue weighted by molar-refractivity contribution is 0.0693. The zero-order chi connectivity index (χ0) is 13.5. The number of hydrogen-bond donors (Lipinski definition) is 1. The number of rotatable bonds is 5. The van der Waals surface area contributed by atoms with Crippen LogP contribution in [0.3, 0.4) is 0 Å². The molecule has 96 valence electrons. The first kappa shape index (κ1) is 12.9. The third-order valence-electron chi connectivity index (χ3n) is 2.56. The van der Waals surface area contributed by atoms with Gasteiger partial charge in [0.05, 0.1) is 0 Å². The minimum atomic E-state index is -0.984. The van der Waals surface area contributed by atoms with Crippen LogP contribution < -0.4 is 4.74 Å². The second kappa shape index (κ2) is 6.40. The first-order valence-electron chi connectivity index (χ1n) is 5.94. The highest BCUT2D eigenvalue weighted by Crippen LogP contribution is 2.17. The van der Waals surface area contributed by atoms with Gasteiger partial charge in [0.25, 0.3) is 0 Å². The van der Waals surface area contributed by atoms with Gasteiger partial charge >= 0.3 is 5.97 Å². The molecule has 0 heterocycles. The molecule has 0 aromatic heterocycles. The van der Waals surface area contributed by atoms with E-state index in [0.717, 1.165) is 5.56 Å². The highest BCUT2D eigenvalue weighted by molar-refractivity contribution is 5.90. The summed E-state index contributed by atoms with van der Waals surface area (Å²) in [7, 11) is 0. The van der Waals surface area contributed by atoms with Gasteiger partial charge in [-0.2, -0.15) is 0 Å². The van der Waals surface area contributed by atoms with Gasteiger partial charge in [0, 0.05) is 0 Å². The lowest BCUT2D eigenvalue weighted by Gasteiger charge is -2.06. The summed E-state index contributed by atoms with van der Waals surface area (Å²) in [5, 5.41) is 9.00. The fourth-order valence-corrected chi connectivity index (χ4v) is 1.66. The Morgan fingerprint density at radius 1 is 1.05 bits per heavy atom. The van der Waals surface area contributed by atoms with Crippen molar-refractivity contribution in [3.8, 4) is 5.75 Å². The zero-order valence-corrected chi connectivity index (χ0v) is 10.3. The van der Waals surface area contributed by atoms with Crippen LogP contribution in [0.5, 0.6) is 5.75 Å². The highest BCUT2D eigenvalue weighted by atomic mass is 16.5. The molecule has 0 saturated heterocycles. The molecule has 2 aromatic rings. The van der Waals surface area contributed by atoms with Crippen molar-refractivity contribution in [2.75, 3.05) is 6.61 Å². The number of benzene rings is 2. The van der Waals surface area contributed by atoms with E-state index in [0.29, 0.717) is 12.4 Å². The molecule has 3 nitrogen and oxygen atoms in total. The Morgan fingerprint density at radius 2 is 1.74 bits per heavy atom. The quantitative estimate of drug-likeness (QED) is 0.888. The van der Waals surface area contributed by atoms with Gasteiger partial charge in [0.15, 0.2) is 0 Å². The number of carbonyl (C=O) groups is 1. The Hall–Kier alpha value is -2.55. The molecule has 0 amide bonds. The zero-order valence-electron chi connectivity index (χ0n) is 10.3. The summed E-state index contributed by atoms with van der Waals surface area (Å²) >= 11 is 0. The van der Waals surface area contributed by atoms with Gasteiger partial charge in [-0.15, -0.1) is 0 Å². The van der Waals surface area contributed by atoms with Crippen molar-refractivity contribution in [2.24, 2.45) is 0 Å². The predicted octanol–water partition coefficient (Wildman–Crippen LogP) is 3.48. The Labute approximate surface area is 111 Å². The number of carboxylic acids is 1. The normalized spacial score (nSPS) is 10.5. The third kappa shape index (κ3) is 3.71. The molecule has 2 aromatic carbocycles. The highest BCUT2D eigenvalue weighted by Gasteiger charge is 2.08. The van der Waals surface area contributed by atoms with Gasteiger partial charge in [-0.3, -0.25) is 0 Å². The summed E-state index contributed by atoms with van der Waals surface area (Å²) in [4.78, 5) is 11.0. The lowest BCUT2D eigenvalue weighted by atomic mass is 10.2. The molecule has 0 bridgehead atoms. The molecule has 0 unspecified atom stereocenters. The SMILES string of the molecule is O=C(O)c1ccccc1OCC=Cc1ccccc1. The maximum atomic E-state index is 11.0. The molecule has 0 aliphatic rings. The molecule has 0 radical (unpaired) electrons. The average molecular weight is 254 g/mol. The van der Waals surface area contributed by atoms with Crippen LogP contribution >= 0.6 is 0 Å². The molecule has 19 heavy (non-hydrogen) atoms. The van der Waals surface area contributed by atoms with Crippen molar-refractivity contribution < 1.29 is 14.6 Å². The van der Waals surface area contributed by atoms with Crippen LogP contribution in [0.2, 0.25) is 0 Å². The van der Waals surface area contributed by atoms with Crippen molar-refractivity contribution >= 4 is 12.0 Å². The van der Waals surface area contributed by atoms with E-state index in [1.165, 1.54) is 6.07 Å². The Bertz CT molecular complexity index is 574. The van der Waals surface area contributed by atoms with Crippen LogP contribution in [0.1, 0.15) is 15.9 Å². The van der Waals surface area contributed by atoms with Crippen LogP contribution in [0, 0.1) is 0 Å². The first-order chi connectivity index (χ1) is 9.27. The second-order valence-corrected chi connectivity index (χ2v) is 3.93. The lowest BCUT2D eigenvalue weighted by Crippen LogP contribution is -2.02. The van der Waals surface area contributed by atoms with Crippen molar-refractivity contribution in [3.05, 3.63) is 71.8 Å². The second-order valence-electron chi connectivity index (χ2n) is 3.93. The molecule has 1 N–H and O–H groups in total. The van der Waals surface area contributed by atoms with E-state index >= 15 is 0 Å². The van der Waals surface area contributed by atoms with Crippen molar-refractivity contribution in [2.45, 2.75) is 0 Å². The summed E-state index contributed by atoms with van der Waals surface area (Å²) < 4.78 is 5.45. The first-order valence-corrected chi connectivity index (χ1v) is 5.94. The van der Waals surface area contributed by atoms with Crippen molar-refractivity contribution in [1.29, 1.82) is 0 Å². The van der Waals surface area contributed by atoms with Gasteiger partial charge in [-0.05, 0) is 23.8 Å². The Morgan fingerprint density at radius 3 is 2.47 bits per heavy atom. The van der Waals surface area contributed by atoms with E-state index in [2.05, 4.69) is 0 Å². The van der Waals surface area contributed by atoms with Crippen LogP contribution in [-0.4, -0.2) is 17.7 Å². The smallest absolute Gasteiger partial charge is 0.339 e. The van der Waals surface area contributed by atoms with Crippen LogP contribution in [-0.2, 0) is 0 Å². The molecule has 0 spiro atoms. The van der Waals surface area contributed by atoms with Gasteiger partial charge in [-0.1, -0.05) is 48.5 Å². The predicted molar refractivity (Wildman–Crippen MR) is 74.4 cm³/mol. The number of carboxylic acid groups (broad SMARTS) is 1. The van der Waals surface area contributed by atoms with E-state index in [1.807, 2.05) is 42.5 Å². The number of ether oxygens (including phenoxy) is 1. The minimum Gasteiger partial charge on any atom is -0.489 e. The standard InChI is InChI=1S/C16H14O3/c17-16(18)14-10-4-5-11-15(14)19-12-6-9-13-7-2-1-3-8-13/h1-11H,12H2,(H,17,18). The van der Waals surface area contributed by atoms with Gasteiger partial charge in [0.2, 0.25) is 0 Å². The maximum Gasteiger partial charge on any atom is 0.339 e. The summed E-state index contributed by atoms with van der Waals surface area (Å²) in [6, 6.07) is 16.5. The molecule has 2 rings (SSSR count). The maximum absolute atomic E-state index is 11.0. The molecule has 0 aliphatic carbocycles. The average Bonchev–Trinajstić information content (AvgIpc) is 2.45. The van der Waals surface area contributed by atoms with Crippen molar-refractivity contribution in [1.82, 2.24) is 0 Å². The molecule has 0 saturated carbocycles. The van der Waals surface area contributed by atoms with E-state index < -0.39 is 5.97 Å². The fraction of sp³-hybridized carbons (Fsp3) is 0.0625. The molecule has 0 fully saturated rings. The summed E-state index contributed by atoms with van der Waals surface area (Å²) in [6.07, 6.45) is 3.79. The number of aromatic carboxylic acids is 1. The van der Waals surface area contributed by atoms with E-state index in [1.54, 1.807) is 18.2 Å².